The van der Waals surface area contributed by atoms with E-state index in [4.69, 9.17) is 4.98 Å². The second-order valence-electron chi connectivity index (χ2n) is 7.08. The Labute approximate surface area is 164 Å². The summed E-state index contributed by atoms with van der Waals surface area (Å²) in [4.78, 5) is 17.6. The standard InChI is InChI=1S/C24H23N3O/c1-17-12-14-19(15-13-17)24(28)26-21(18-8-4-3-5-9-18)16-23-25-20-10-6-7-11-22(20)27(23)2/h3-15,21H,16H2,1-2H3,(H,26,28). The van der Waals surface area contributed by atoms with E-state index in [2.05, 4.69) is 16.0 Å². The Hall–Kier alpha value is -3.40. The molecule has 0 aliphatic rings. The molecular weight excluding hydrogens is 346 g/mol. The lowest BCUT2D eigenvalue weighted by molar-refractivity contribution is 0.0936. The van der Waals surface area contributed by atoms with Gasteiger partial charge in [-0.25, -0.2) is 4.98 Å². The Morgan fingerprint density at radius 1 is 0.964 bits per heavy atom. The number of benzene rings is 3. The molecule has 1 heterocycles. The van der Waals surface area contributed by atoms with Gasteiger partial charge >= 0.3 is 0 Å². The lowest BCUT2D eigenvalue weighted by Crippen LogP contribution is -2.30. The molecule has 0 radical (unpaired) electrons. The smallest absolute Gasteiger partial charge is 0.251 e. The van der Waals surface area contributed by atoms with E-state index in [0.29, 0.717) is 12.0 Å². The van der Waals surface area contributed by atoms with E-state index in [0.717, 1.165) is 28.0 Å². The van der Waals surface area contributed by atoms with Gasteiger partial charge in [0.2, 0.25) is 0 Å². The number of nitrogens with zero attached hydrogens (tertiary/aromatic N) is 2. The number of rotatable bonds is 5. The highest BCUT2D eigenvalue weighted by atomic mass is 16.1. The fourth-order valence-corrected chi connectivity index (χ4v) is 3.44. The van der Waals surface area contributed by atoms with Crippen LogP contribution >= 0.6 is 0 Å². The number of imidazole rings is 1. The molecule has 4 rings (SSSR count). The largest absolute Gasteiger partial charge is 0.345 e. The van der Waals surface area contributed by atoms with Crippen LogP contribution in [-0.2, 0) is 13.5 Å². The van der Waals surface area contributed by atoms with Gasteiger partial charge < -0.3 is 9.88 Å². The van der Waals surface area contributed by atoms with Crippen LogP contribution in [0.1, 0.15) is 33.4 Å². The van der Waals surface area contributed by atoms with Crippen LogP contribution in [0.5, 0.6) is 0 Å². The zero-order chi connectivity index (χ0) is 19.5. The van der Waals surface area contributed by atoms with Crippen molar-refractivity contribution in [3.05, 3.63) is 101 Å². The lowest BCUT2D eigenvalue weighted by Gasteiger charge is -2.19. The molecule has 1 unspecified atom stereocenters. The number of para-hydroxylation sites is 2. The number of carbonyl (C=O) groups is 1. The van der Waals surface area contributed by atoms with E-state index in [-0.39, 0.29) is 11.9 Å². The van der Waals surface area contributed by atoms with Gasteiger partial charge in [0.15, 0.2) is 0 Å². The van der Waals surface area contributed by atoms with Crippen LogP contribution in [-0.4, -0.2) is 15.5 Å². The molecular formula is C24H23N3O. The van der Waals surface area contributed by atoms with E-state index in [1.165, 1.54) is 0 Å². The summed E-state index contributed by atoms with van der Waals surface area (Å²) in [7, 11) is 2.02. The second kappa shape index (κ2) is 7.69. The third kappa shape index (κ3) is 3.67. The second-order valence-corrected chi connectivity index (χ2v) is 7.08. The number of aryl methyl sites for hydroxylation is 2. The minimum atomic E-state index is -0.162. The van der Waals surface area contributed by atoms with Crippen LogP contribution in [0.15, 0.2) is 78.9 Å². The summed E-state index contributed by atoms with van der Waals surface area (Å²) >= 11 is 0. The van der Waals surface area contributed by atoms with Crippen molar-refractivity contribution < 1.29 is 4.79 Å². The van der Waals surface area contributed by atoms with Crippen molar-refractivity contribution in [2.24, 2.45) is 7.05 Å². The van der Waals surface area contributed by atoms with E-state index in [1.807, 2.05) is 86.8 Å². The first-order valence-corrected chi connectivity index (χ1v) is 9.44. The van der Waals surface area contributed by atoms with Crippen molar-refractivity contribution >= 4 is 16.9 Å². The normalized spacial score (nSPS) is 12.1. The van der Waals surface area contributed by atoms with Crippen LogP contribution in [0.2, 0.25) is 0 Å². The Balaban J connectivity index is 1.64. The summed E-state index contributed by atoms with van der Waals surface area (Å²) in [6.45, 7) is 2.01. The molecule has 0 bridgehead atoms. The summed E-state index contributed by atoms with van der Waals surface area (Å²) in [6, 6.07) is 25.6. The fraction of sp³-hybridized carbons (Fsp3) is 0.167. The monoisotopic (exact) mass is 369 g/mol. The van der Waals surface area contributed by atoms with Gasteiger partial charge in [0.25, 0.3) is 5.91 Å². The van der Waals surface area contributed by atoms with Crippen LogP contribution in [0.3, 0.4) is 0 Å². The maximum Gasteiger partial charge on any atom is 0.251 e. The summed E-state index contributed by atoms with van der Waals surface area (Å²) in [6.07, 6.45) is 0.618. The summed E-state index contributed by atoms with van der Waals surface area (Å²) in [5.41, 5.74) is 4.92. The quantitative estimate of drug-likeness (QED) is 0.559. The number of hydrogen-bond acceptors (Lipinski definition) is 2. The van der Waals surface area contributed by atoms with Crippen molar-refractivity contribution in [1.29, 1.82) is 0 Å². The Morgan fingerprint density at radius 3 is 2.36 bits per heavy atom. The first kappa shape index (κ1) is 18.0. The summed E-state index contributed by atoms with van der Waals surface area (Å²) < 4.78 is 2.10. The minimum Gasteiger partial charge on any atom is -0.345 e. The van der Waals surface area contributed by atoms with Crippen molar-refractivity contribution in [3.63, 3.8) is 0 Å². The predicted molar refractivity (Wildman–Crippen MR) is 112 cm³/mol. The highest BCUT2D eigenvalue weighted by Gasteiger charge is 2.19. The fourth-order valence-electron chi connectivity index (χ4n) is 3.44. The molecule has 0 aliphatic carbocycles. The van der Waals surface area contributed by atoms with Gasteiger partial charge in [-0.1, -0.05) is 60.2 Å². The van der Waals surface area contributed by atoms with Gasteiger partial charge in [-0.3, -0.25) is 4.79 Å². The van der Waals surface area contributed by atoms with Crippen LogP contribution in [0.25, 0.3) is 11.0 Å². The molecule has 4 nitrogen and oxygen atoms in total. The van der Waals surface area contributed by atoms with Gasteiger partial charge in [0, 0.05) is 19.0 Å². The highest BCUT2D eigenvalue weighted by molar-refractivity contribution is 5.94. The maximum atomic E-state index is 12.8. The molecule has 1 atom stereocenters. The number of hydrogen-bond donors (Lipinski definition) is 1. The topological polar surface area (TPSA) is 46.9 Å². The molecule has 0 saturated heterocycles. The third-order valence-electron chi connectivity index (χ3n) is 5.09. The number of aromatic nitrogens is 2. The van der Waals surface area contributed by atoms with E-state index in [9.17, 15) is 4.79 Å². The number of amides is 1. The van der Waals surface area contributed by atoms with Gasteiger partial charge in [-0.05, 0) is 36.8 Å². The number of nitrogens with one attached hydrogen (secondary N) is 1. The van der Waals surface area contributed by atoms with E-state index in [1.54, 1.807) is 0 Å². The highest BCUT2D eigenvalue weighted by Crippen LogP contribution is 2.22. The zero-order valence-electron chi connectivity index (χ0n) is 16.1. The molecule has 0 fully saturated rings. The molecule has 0 saturated carbocycles. The molecule has 1 amide bonds. The average Bonchev–Trinajstić information content (AvgIpc) is 3.04. The molecule has 4 heteroatoms. The maximum absolute atomic E-state index is 12.8. The third-order valence-corrected chi connectivity index (χ3v) is 5.09. The molecule has 4 aromatic rings. The van der Waals surface area contributed by atoms with Crippen molar-refractivity contribution in [1.82, 2.24) is 14.9 Å². The van der Waals surface area contributed by atoms with Gasteiger partial charge in [0.1, 0.15) is 5.82 Å². The molecule has 28 heavy (non-hydrogen) atoms. The summed E-state index contributed by atoms with van der Waals surface area (Å²) in [5.74, 6) is 0.867. The number of fused-ring (bicyclic) bond motifs is 1. The molecule has 1 aromatic heterocycles. The molecule has 3 aromatic carbocycles. The SMILES string of the molecule is Cc1ccc(C(=O)NC(Cc2nc3ccccc3n2C)c2ccccc2)cc1. The number of carbonyl (C=O) groups excluding carboxylic acids is 1. The van der Waals surface area contributed by atoms with Crippen LogP contribution in [0.4, 0.5) is 0 Å². The first-order chi connectivity index (χ1) is 13.6. The average molecular weight is 369 g/mol. The van der Waals surface area contributed by atoms with E-state index >= 15 is 0 Å². The zero-order valence-corrected chi connectivity index (χ0v) is 16.1. The van der Waals surface area contributed by atoms with Crippen LogP contribution in [0, 0.1) is 6.92 Å². The first-order valence-electron chi connectivity index (χ1n) is 9.44. The van der Waals surface area contributed by atoms with Crippen LogP contribution < -0.4 is 5.32 Å². The van der Waals surface area contributed by atoms with Crippen molar-refractivity contribution in [2.75, 3.05) is 0 Å². The molecule has 0 aliphatic heterocycles. The Bertz CT molecular complexity index is 1100. The predicted octanol–water partition coefficient (Wildman–Crippen LogP) is 4.60. The van der Waals surface area contributed by atoms with Gasteiger partial charge in [0.05, 0.1) is 17.1 Å². The molecule has 1 N–H and O–H groups in total. The molecule has 140 valence electrons. The van der Waals surface area contributed by atoms with Gasteiger partial charge in [-0.15, -0.1) is 0 Å². The Morgan fingerprint density at radius 2 is 1.64 bits per heavy atom. The minimum absolute atomic E-state index is 0.0763. The van der Waals surface area contributed by atoms with Crippen molar-refractivity contribution in [3.8, 4) is 0 Å². The van der Waals surface area contributed by atoms with Gasteiger partial charge in [-0.2, -0.15) is 0 Å². The summed E-state index contributed by atoms with van der Waals surface area (Å²) in [5, 5.41) is 3.20. The van der Waals surface area contributed by atoms with E-state index < -0.39 is 0 Å². The lowest BCUT2D eigenvalue weighted by atomic mass is 10.0. The van der Waals surface area contributed by atoms with Crippen molar-refractivity contribution in [2.45, 2.75) is 19.4 Å². The molecule has 0 spiro atoms. The Kier molecular flexibility index (Phi) is 4.94.